The number of morpholine rings is 1. The SMILES string of the molecule is CCCC(NC(=O)c1ccccc1CN1CCOCC1)C(=O)O. The van der Waals surface area contributed by atoms with Crippen molar-refractivity contribution in [3.05, 3.63) is 35.4 Å². The van der Waals surface area contributed by atoms with Gasteiger partial charge in [0, 0.05) is 25.2 Å². The second-order valence-corrected chi connectivity index (χ2v) is 5.70. The number of aliphatic carboxylic acids is 1. The summed E-state index contributed by atoms with van der Waals surface area (Å²) in [5, 5.41) is 11.8. The maximum Gasteiger partial charge on any atom is 0.326 e. The molecule has 0 aromatic heterocycles. The molecule has 1 aromatic carbocycles. The van der Waals surface area contributed by atoms with E-state index in [1.165, 1.54) is 0 Å². The molecule has 0 radical (unpaired) electrons. The normalized spacial score (nSPS) is 16.7. The van der Waals surface area contributed by atoms with Crippen LogP contribution in [0, 0.1) is 0 Å². The number of hydrogen-bond acceptors (Lipinski definition) is 4. The van der Waals surface area contributed by atoms with Gasteiger partial charge >= 0.3 is 5.97 Å². The van der Waals surface area contributed by atoms with Crippen molar-refractivity contribution in [2.75, 3.05) is 26.3 Å². The summed E-state index contributed by atoms with van der Waals surface area (Å²) in [5.74, 6) is -1.32. The summed E-state index contributed by atoms with van der Waals surface area (Å²) >= 11 is 0. The third kappa shape index (κ3) is 5.04. The largest absolute Gasteiger partial charge is 0.480 e. The van der Waals surface area contributed by atoms with Crippen LogP contribution in [0.5, 0.6) is 0 Å². The van der Waals surface area contributed by atoms with Gasteiger partial charge in [-0.3, -0.25) is 9.69 Å². The fraction of sp³-hybridized carbons (Fsp3) is 0.529. The number of ether oxygens (including phenoxy) is 1. The van der Waals surface area contributed by atoms with Crippen molar-refractivity contribution in [1.82, 2.24) is 10.2 Å². The molecule has 1 atom stereocenters. The molecule has 0 aliphatic carbocycles. The zero-order chi connectivity index (χ0) is 16.7. The molecule has 1 aromatic rings. The lowest BCUT2D eigenvalue weighted by atomic mass is 10.0. The van der Waals surface area contributed by atoms with Crippen LogP contribution in [-0.4, -0.2) is 54.2 Å². The quantitative estimate of drug-likeness (QED) is 0.796. The number of benzene rings is 1. The number of nitrogens with one attached hydrogen (secondary N) is 1. The lowest BCUT2D eigenvalue weighted by Gasteiger charge is -2.27. The molecule has 2 rings (SSSR count). The third-order valence-corrected chi connectivity index (χ3v) is 3.94. The number of rotatable bonds is 7. The Kier molecular flexibility index (Phi) is 6.55. The third-order valence-electron chi connectivity index (χ3n) is 3.94. The van der Waals surface area contributed by atoms with E-state index in [1.807, 2.05) is 19.1 Å². The number of amides is 1. The molecule has 1 aliphatic rings. The van der Waals surface area contributed by atoms with Crippen LogP contribution in [0.4, 0.5) is 0 Å². The topological polar surface area (TPSA) is 78.9 Å². The molecule has 1 fully saturated rings. The van der Waals surface area contributed by atoms with Crippen LogP contribution in [-0.2, 0) is 16.1 Å². The molecule has 0 bridgehead atoms. The van der Waals surface area contributed by atoms with Gasteiger partial charge in [0.1, 0.15) is 6.04 Å². The standard InChI is InChI=1S/C17H24N2O4/c1-2-5-15(17(21)22)18-16(20)14-7-4-3-6-13(14)12-19-8-10-23-11-9-19/h3-4,6-7,15H,2,5,8-12H2,1H3,(H,18,20)(H,21,22). The van der Waals surface area contributed by atoms with Gasteiger partial charge in [0.15, 0.2) is 0 Å². The molecule has 126 valence electrons. The van der Waals surface area contributed by atoms with Gasteiger partial charge in [-0.25, -0.2) is 4.79 Å². The Hall–Kier alpha value is -1.92. The van der Waals surface area contributed by atoms with Crippen LogP contribution in [0.1, 0.15) is 35.7 Å². The van der Waals surface area contributed by atoms with Crippen molar-refractivity contribution in [3.8, 4) is 0 Å². The van der Waals surface area contributed by atoms with Gasteiger partial charge < -0.3 is 15.2 Å². The first-order chi connectivity index (χ1) is 11.1. The molecule has 1 heterocycles. The summed E-state index contributed by atoms with van der Waals surface area (Å²) in [6.45, 7) is 5.64. The first kappa shape index (κ1) is 17.4. The molecular formula is C17H24N2O4. The van der Waals surface area contributed by atoms with E-state index in [2.05, 4.69) is 10.2 Å². The van der Waals surface area contributed by atoms with E-state index in [0.717, 1.165) is 18.7 Å². The monoisotopic (exact) mass is 320 g/mol. The van der Waals surface area contributed by atoms with E-state index >= 15 is 0 Å². The highest BCUT2D eigenvalue weighted by atomic mass is 16.5. The van der Waals surface area contributed by atoms with E-state index in [4.69, 9.17) is 4.74 Å². The molecule has 1 unspecified atom stereocenters. The lowest BCUT2D eigenvalue weighted by molar-refractivity contribution is -0.139. The maximum atomic E-state index is 12.5. The van der Waals surface area contributed by atoms with E-state index < -0.39 is 12.0 Å². The van der Waals surface area contributed by atoms with Gasteiger partial charge in [0.25, 0.3) is 5.91 Å². The van der Waals surface area contributed by atoms with Crippen LogP contribution >= 0.6 is 0 Å². The molecule has 23 heavy (non-hydrogen) atoms. The fourth-order valence-electron chi connectivity index (χ4n) is 2.66. The number of nitrogens with zero attached hydrogens (tertiary/aromatic N) is 1. The lowest BCUT2D eigenvalue weighted by Crippen LogP contribution is -2.41. The molecule has 1 saturated heterocycles. The summed E-state index contributed by atoms with van der Waals surface area (Å²) < 4.78 is 5.33. The van der Waals surface area contributed by atoms with Crippen LogP contribution in [0.25, 0.3) is 0 Å². The minimum Gasteiger partial charge on any atom is -0.480 e. The zero-order valence-electron chi connectivity index (χ0n) is 13.5. The Morgan fingerprint density at radius 1 is 1.30 bits per heavy atom. The van der Waals surface area contributed by atoms with E-state index in [1.54, 1.807) is 12.1 Å². The van der Waals surface area contributed by atoms with Crippen LogP contribution in [0.2, 0.25) is 0 Å². The second-order valence-electron chi connectivity index (χ2n) is 5.70. The Labute approximate surface area is 136 Å². The predicted octanol–water partition coefficient (Wildman–Crippen LogP) is 1.50. The zero-order valence-corrected chi connectivity index (χ0v) is 13.5. The highest BCUT2D eigenvalue weighted by Crippen LogP contribution is 2.13. The van der Waals surface area contributed by atoms with Crippen LogP contribution in [0.3, 0.4) is 0 Å². The number of hydrogen-bond donors (Lipinski definition) is 2. The summed E-state index contributed by atoms with van der Waals surface area (Å²) in [4.78, 5) is 25.9. The Balaban J connectivity index is 2.08. The van der Waals surface area contributed by atoms with Crippen molar-refractivity contribution >= 4 is 11.9 Å². The van der Waals surface area contributed by atoms with Gasteiger partial charge in [-0.1, -0.05) is 31.5 Å². The molecule has 0 spiro atoms. The molecule has 6 nitrogen and oxygen atoms in total. The molecule has 2 N–H and O–H groups in total. The average molecular weight is 320 g/mol. The van der Waals surface area contributed by atoms with E-state index in [9.17, 15) is 14.7 Å². The van der Waals surface area contributed by atoms with Gasteiger partial charge in [-0.15, -0.1) is 0 Å². The maximum absolute atomic E-state index is 12.5. The fourth-order valence-corrected chi connectivity index (χ4v) is 2.66. The van der Waals surface area contributed by atoms with Crippen molar-refractivity contribution in [1.29, 1.82) is 0 Å². The van der Waals surface area contributed by atoms with Crippen molar-refractivity contribution in [2.24, 2.45) is 0 Å². The summed E-state index contributed by atoms with van der Waals surface area (Å²) in [6.07, 6.45) is 1.12. The minimum absolute atomic E-state index is 0.324. The smallest absolute Gasteiger partial charge is 0.326 e. The predicted molar refractivity (Wildman–Crippen MR) is 86.3 cm³/mol. The summed E-state index contributed by atoms with van der Waals surface area (Å²) in [6, 6.07) is 6.51. The van der Waals surface area contributed by atoms with Gasteiger partial charge in [0.2, 0.25) is 0 Å². The molecular weight excluding hydrogens is 296 g/mol. The molecule has 1 amide bonds. The van der Waals surface area contributed by atoms with Crippen molar-refractivity contribution in [2.45, 2.75) is 32.4 Å². The molecule has 0 saturated carbocycles. The number of carbonyl (C=O) groups is 2. The Morgan fingerprint density at radius 3 is 2.65 bits per heavy atom. The number of carboxylic acid groups (broad SMARTS) is 1. The summed E-state index contributed by atoms with van der Waals surface area (Å²) in [5.41, 5.74) is 1.45. The van der Waals surface area contributed by atoms with Crippen LogP contribution < -0.4 is 5.32 Å². The first-order valence-electron chi connectivity index (χ1n) is 8.03. The highest BCUT2D eigenvalue weighted by Gasteiger charge is 2.22. The van der Waals surface area contributed by atoms with E-state index in [-0.39, 0.29) is 5.91 Å². The summed E-state index contributed by atoms with van der Waals surface area (Å²) in [7, 11) is 0. The highest BCUT2D eigenvalue weighted by molar-refractivity contribution is 5.97. The van der Waals surface area contributed by atoms with Gasteiger partial charge in [-0.05, 0) is 18.1 Å². The average Bonchev–Trinajstić information content (AvgIpc) is 2.55. The second kappa shape index (κ2) is 8.64. The van der Waals surface area contributed by atoms with Gasteiger partial charge in [0.05, 0.1) is 13.2 Å². The molecule has 6 heteroatoms. The number of carboxylic acids is 1. The van der Waals surface area contributed by atoms with Gasteiger partial charge in [-0.2, -0.15) is 0 Å². The first-order valence-corrected chi connectivity index (χ1v) is 8.03. The van der Waals surface area contributed by atoms with Crippen molar-refractivity contribution < 1.29 is 19.4 Å². The van der Waals surface area contributed by atoms with E-state index in [0.29, 0.717) is 38.2 Å². The minimum atomic E-state index is -0.995. The number of carbonyl (C=O) groups excluding carboxylic acids is 1. The Bertz CT molecular complexity index is 541. The van der Waals surface area contributed by atoms with Crippen molar-refractivity contribution in [3.63, 3.8) is 0 Å². The van der Waals surface area contributed by atoms with Crippen LogP contribution in [0.15, 0.2) is 24.3 Å². The Morgan fingerprint density at radius 2 is 2.00 bits per heavy atom. The molecule has 1 aliphatic heterocycles.